The van der Waals surface area contributed by atoms with Gasteiger partial charge in [-0.1, -0.05) is 6.42 Å². The Kier molecular flexibility index (Phi) is 3.91. The van der Waals surface area contributed by atoms with E-state index in [-0.39, 0.29) is 0 Å². The predicted molar refractivity (Wildman–Crippen MR) is 79.4 cm³/mol. The quantitative estimate of drug-likeness (QED) is 0.871. The molecule has 1 aromatic heterocycles. The van der Waals surface area contributed by atoms with Gasteiger partial charge in [0, 0.05) is 25.7 Å². The van der Waals surface area contributed by atoms with Crippen LogP contribution >= 0.6 is 0 Å². The third-order valence-electron chi connectivity index (χ3n) is 4.42. The zero-order valence-corrected chi connectivity index (χ0v) is 12.2. The number of hydrogen-bond donors (Lipinski definition) is 2. The largest absolute Gasteiger partial charge is 0.490 e. The van der Waals surface area contributed by atoms with E-state index in [2.05, 4.69) is 25.5 Å². The molecule has 0 saturated carbocycles. The van der Waals surface area contributed by atoms with E-state index >= 15 is 0 Å². The second-order valence-electron chi connectivity index (χ2n) is 5.49. The SMILES string of the molecule is CNc1ncnc(NC2CCN3CCCCC23)c1OC. The van der Waals surface area contributed by atoms with Crippen molar-refractivity contribution >= 4 is 11.6 Å². The molecule has 0 bridgehead atoms. The van der Waals surface area contributed by atoms with E-state index in [9.17, 15) is 0 Å². The zero-order valence-electron chi connectivity index (χ0n) is 12.2. The minimum absolute atomic E-state index is 0.462. The lowest BCUT2D eigenvalue weighted by Crippen LogP contribution is -2.41. The van der Waals surface area contributed by atoms with Gasteiger partial charge in [0.05, 0.1) is 7.11 Å². The van der Waals surface area contributed by atoms with Gasteiger partial charge in [-0.15, -0.1) is 0 Å². The van der Waals surface area contributed by atoms with Crippen molar-refractivity contribution in [1.82, 2.24) is 14.9 Å². The molecule has 1 aromatic rings. The highest BCUT2D eigenvalue weighted by molar-refractivity contribution is 5.63. The number of anilines is 2. The Hall–Kier alpha value is -1.56. The molecular weight excluding hydrogens is 254 g/mol. The molecule has 2 unspecified atom stereocenters. The van der Waals surface area contributed by atoms with Crippen LogP contribution in [0.15, 0.2) is 6.33 Å². The van der Waals surface area contributed by atoms with Crippen LogP contribution in [0.4, 0.5) is 11.6 Å². The van der Waals surface area contributed by atoms with Crippen LogP contribution in [-0.4, -0.2) is 54.2 Å². The standard InChI is InChI=1S/C14H23N5O/c1-15-13-12(20-2)14(17-9-16-13)18-10-6-8-19-7-4-3-5-11(10)19/h9-11H,3-8H2,1-2H3,(H2,15,16,17,18). The average Bonchev–Trinajstić information content (AvgIpc) is 2.90. The molecule has 0 aromatic carbocycles. The third kappa shape index (κ3) is 2.40. The van der Waals surface area contributed by atoms with Crippen LogP contribution < -0.4 is 15.4 Å². The summed E-state index contributed by atoms with van der Waals surface area (Å²) < 4.78 is 5.45. The molecule has 110 valence electrons. The van der Waals surface area contributed by atoms with Crippen LogP contribution in [-0.2, 0) is 0 Å². The van der Waals surface area contributed by atoms with Crippen LogP contribution in [0.5, 0.6) is 5.75 Å². The Balaban J connectivity index is 1.77. The van der Waals surface area contributed by atoms with Crippen molar-refractivity contribution in [3.8, 4) is 5.75 Å². The average molecular weight is 277 g/mol. The molecule has 3 rings (SSSR count). The Morgan fingerprint density at radius 3 is 2.85 bits per heavy atom. The van der Waals surface area contributed by atoms with Gasteiger partial charge in [-0.25, -0.2) is 9.97 Å². The summed E-state index contributed by atoms with van der Waals surface area (Å²) in [7, 11) is 3.50. The van der Waals surface area contributed by atoms with Gasteiger partial charge >= 0.3 is 0 Å². The number of piperidine rings is 1. The second kappa shape index (κ2) is 5.83. The molecule has 2 N–H and O–H groups in total. The van der Waals surface area contributed by atoms with E-state index in [0.29, 0.717) is 17.8 Å². The van der Waals surface area contributed by atoms with Crippen molar-refractivity contribution in [2.24, 2.45) is 0 Å². The van der Waals surface area contributed by atoms with Gasteiger partial charge in [0.25, 0.3) is 0 Å². The summed E-state index contributed by atoms with van der Waals surface area (Å²) in [6.07, 6.45) is 6.70. The van der Waals surface area contributed by atoms with Crippen molar-refractivity contribution < 1.29 is 4.74 Å². The summed E-state index contributed by atoms with van der Waals surface area (Å²) in [5.74, 6) is 2.22. The molecule has 2 saturated heterocycles. The van der Waals surface area contributed by atoms with Crippen molar-refractivity contribution in [3.63, 3.8) is 0 Å². The van der Waals surface area contributed by atoms with Crippen LogP contribution in [0.2, 0.25) is 0 Å². The maximum absolute atomic E-state index is 5.45. The normalized spacial score (nSPS) is 26.1. The third-order valence-corrected chi connectivity index (χ3v) is 4.42. The molecule has 2 aliphatic rings. The number of rotatable bonds is 4. The van der Waals surface area contributed by atoms with Gasteiger partial charge in [0.15, 0.2) is 11.6 Å². The molecule has 0 amide bonds. The number of nitrogens with one attached hydrogen (secondary N) is 2. The highest BCUT2D eigenvalue weighted by Crippen LogP contribution is 2.33. The summed E-state index contributed by atoms with van der Waals surface area (Å²) in [5.41, 5.74) is 0. The van der Waals surface area contributed by atoms with Crippen molar-refractivity contribution in [2.75, 3.05) is 37.9 Å². The Morgan fingerprint density at radius 2 is 2.05 bits per heavy atom. The Bertz CT molecular complexity index is 467. The summed E-state index contributed by atoms with van der Waals surface area (Å²) in [5, 5.41) is 6.62. The van der Waals surface area contributed by atoms with Crippen LogP contribution in [0.25, 0.3) is 0 Å². The van der Waals surface area contributed by atoms with Crippen molar-refractivity contribution in [3.05, 3.63) is 6.33 Å². The minimum Gasteiger partial charge on any atom is -0.490 e. The van der Waals surface area contributed by atoms with E-state index in [4.69, 9.17) is 4.74 Å². The molecule has 6 nitrogen and oxygen atoms in total. The van der Waals surface area contributed by atoms with Gasteiger partial charge in [0.2, 0.25) is 5.75 Å². The first-order valence-electron chi connectivity index (χ1n) is 7.41. The number of hydrogen-bond acceptors (Lipinski definition) is 6. The summed E-state index contributed by atoms with van der Waals surface area (Å²) >= 11 is 0. The molecular formula is C14H23N5O. The minimum atomic E-state index is 0.462. The van der Waals surface area contributed by atoms with E-state index in [1.165, 1.54) is 38.8 Å². The molecule has 2 fully saturated rings. The monoisotopic (exact) mass is 277 g/mol. The lowest BCUT2D eigenvalue weighted by atomic mass is 9.99. The molecule has 2 aliphatic heterocycles. The van der Waals surface area contributed by atoms with Crippen LogP contribution in [0.3, 0.4) is 0 Å². The lowest BCUT2D eigenvalue weighted by Gasteiger charge is -2.32. The van der Waals surface area contributed by atoms with E-state index < -0.39 is 0 Å². The number of aromatic nitrogens is 2. The van der Waals surface area contributed by atoms with Gasteiger partial charge in [-0.05, 0) is 25.8 Å². The van der Waals surface area contributed by atoms with Crippen molar-refractivity contribution in [2.45, 2.75) is 37.8 Å². The summed E-state index contributed by atoms with van der Waals surface area (Å²) in [6.45, 7) is 2.43. The van der Waals surface area contributed by atoms with Crippen LogP contribution in [0, 0.1) is 0 Å². The van der Waals surface area contributed by atoms with Gasteiger partial charge in [0.1, 0.15) is 6.33 Å². The number of methoxy groups -OCH3 is 1. The second-order valence-corrected chi connectivity index (χ2v) is 5.49. The molecule has 0 radical (unpaired) electrons. The molecule has 6 heteroatoms. The maximum Gasteiger partial charge on any atom is 0.204 e. The van der Waals surface area contributed by atoms with Gasteiger partial charge < -0.3 is 15.4 Å². The fourth-order valence-corrected chi connectivity index (χ4v) is 3.44. The van der Waals surface area contributed by atoms with E-state index in [1.54, 1.807) is 13.4 Å². The fraction of sp³-hybridized carbons (Fsp3) is 0.714. The molecule has 3 heterocycles. The first kappa shape index (κ1) is 13.4. The van der Waals surface area contributed by atoms with Gasteiger partial charge in [-0.3, -0.25) is 4.90 Å². The Labute approximate surface area is 119 Å². The lowest BCUT2D eigenvalue weighted by molar-refractivity contribution is 0.192. The first-order chi connectivity index (χ1) is 9.83. The Morgan fingerprint density at radius 1 is 1.20 bits per heavy atom. The summed E-state index contributed by atoms with van der Waals surface area (Å²) in [4.78, 5) is 11.1. The highest BCUT2D eigenvalue weighted by atomic mass is 16.5. The van der Waals surface area contributed by atoms with Crippen LogP contribution in [0.1, 0.15) is 25.7 Å². The molecule has 2 atom stereocenters. The predicted octanol–water partition coefficient (Wildman–Crippen LogP) is 1.57. The fourth-order valence-electron chi connectivity index (χ4n) is 3.44. The van der Waals surface area contributed by atoms with Crippen molar-refractivity contribution in [1.29, 1.82) is 0 Å². The number of ether oxygens (including phenoxy) is 1. The number of nitrogens with zero attached hydrogens (tertiary/aromatic N) is 3. The highest BCUT2D eigenvalue weighted by Gasteiger charge is 2.36. The smallest absolute Gasteiger partial charge is 0.204 e. The van der Waals surface area contributed by atoms with Gasteiger partial charge in [-0.2, -0.15) is 0 Å². The molecule has 20 heavy (non-hydrogen) atoms. The maximum atomic E-state index is 5.45. The molecule has 0 aliphatic carbocycles. The van der Waals surface area contributed by atoms with E-state index in [1.807, 2.05) is 7.05 Å². The van der Waals surface area contributed by atoms with E-state index in [0.717, 1.165) is 11.6 Å². The first-order valence-corrected chi connectivity index (χ1v) is 7.41. The number of fused-ring (bicyclic) bond motifs is 1. The zero-order chi connectivity index (χ0) is 13.9. The summed E-state index contributed by atoms with van der Waals surface area (Å²) in [6, 6.07) is 1.10. The topological polar surface area (TPSA) is 62.3 Å². The molecule has 0 spiro atoms.